The zero-order valence-corrected chi connectivity index (χ0v) is 26.5. The summed E-state index contributed by atoms with van der Waals surface area (Å²) >= 11 is 0. The average Bonchev–Trinajstić information content (AvgIpc) is 3.44. The highest BCUT2D eigenvalue weighted by Gasteiger charge is 2.26. The summed E-state index contributed by atoms with van der Waals surface area (Å²) in [6, 6.07) is 69.1. The van der Waals surface area contributed by atoms with Crippen LogP contribution in [0.25, 0.3) is 32.9 Å². The maximum atomic E-state index is 2.66. The van der Waals surface area contributed by atoms with Gasteiger partial charge in [0.2, 0.25) is 0 Å². The van der Waals surface area contributed by atoms with Gasteiger partial charge in [-0.2, -0.15) is 0 Å². The SMILES string of the molecule is c1ccc(-c2cc(P(c3ccccc3)c3ccccc3)cc3c4ccccc4n(P(c4ccccc4)c4ccccc4)c23)cc1. The summed E-state index contributed by atoms with van der Waals surface area (Å²) < 4.78 is 2.66. The first kappa shape index (κ1) is 27.7. The number of rotatable bonds is 7. The van der Waals surface area contributed by atoms with Crippen molar-refractivity contribution in [1.82, 2.24) is 4.34 Å². The minimum Gasteiger partial charge on any atom is -0.310 e. The van der Waals surface area contributed by atoms with Gasteiger partial charge >= 0.3 is 0 Å². The molecule has 1 aromatic heterocycles. The van der Waals surface area contributed by atoms with Crippen molar-refractivity contribution >= 4 is 64.3 Å². The molecule has 3 heteroatoms. The normalized spacial score (nSPS) is 11.5. The fourth-order valence-electron chi connectivity index (χ4n) is 6.35. The second-order valence-electron chi connectivity index (χ2n) is 11.1. The third-order valence-electron chi connectivity index (χ3n) is 8.30. The molecule has 0 fully saturated rings. The first-order valence-corrected chi connectivity index (χ1v) is 17.9. The number of fused-ring (bicyclic) bond motifs is 3. The van der Waals surface area contributed by atoms with Gasteiger partial charge in [0.1, 0.15) is 0 Å². The highest BCUT2D eigenvalue weighted by Crippen LogP contribution is 2.48. The van der Waals surface area contributed by atoms with Crippen LogP contribution < -0.4 is 26.5 Å². The Hall–Kier alpha value is -4.80. The van der Waals surface area contributed by atoms with E-state index in [0.29, 0.717) is 0 Å². The molecule has 0 saturated heterocycles. The number of aromatic nitrogens is 1. The molecule has 0 aliphatic carbocycles. The lowest BCUT2D eigenvalue weighted by Crippen LogP contribution is -2.21. The molecule has 0 bridgehead atoms. The first-order valence-electron chi connectivity index (χ1n) is 15.3. The Bertz CT molecular complexity index is 2120. The smallest absolute Gasteiger partial charge is 0.0612 e. The van der Waals surface area contributed by atoms with Crippen LogP contribution in [0.1, 0.15) is 0 Å². The molecular weight excluding hydrogens is 580 g/mol. The summed E-state index contributed by atoms with van der Waals surface area (Å²) in [5.74, 6) is 0. The van der Waals surface area contributed by atoms with Crippen LogP contribution in [0.5, 0.6) is 0 Å². The molecule has 0 atom stereocenters. The molecule has 0 N–H and O–H groups in total. The van der Waals surface area contributed by atoms with E-state index >= 15 is 0 Å². The summed E-state index contributed by atoms with van der Waals surface area (Å²) in [7, 11) is -1.68. The van der Waals surface area contributed by atoms with Crippen molar-refractivity contribution in [2.24, 2.45) is 0 Å². The van der Waals surface area contributed by atoms with Crippen molar-refractivity contribution in [2.45, 2.75) is 0 Å². The van der Waals surface area contributed by atoms with E-state index in [4.69, 9.17) is 0 Å². The summed E-state index contributed by atoms with van der Waals surface area (Å²) in [6.45, 7) is 0. The predicted octanol–water partition coefficient (Wildman–Crippen LogP) is 9.12. The Kier molecular flexibility index (Phi) is 7.58. The van der Waals surface area contributed by atoms with E-state index in [0.717, 1.165) is 0 Å². The average molecular weight is 612 g/mol. The second kappa shape index (κ2) is 12.3. The minimum absolute atomic E-state index is 0.779. The first-order chi connectivity index (χ1) is 22.4. The van der Waals surface area contributed by atoms with Gasteiger partial charge in [-0.05, 0) is 47.6 Å². The van der Waals surface area contributed by atoms with Gasteiger partial charge in [-0.15, -0.1) is 0 Å². The Morgan fingerprint density at radius 1 is 0.356 bits per heavy atom. The fraction of sp³-hybridized carbons (Fsp3) is 0. The second-order valence-corrected chi connectivity index (χ2v) is 15.4. The molecule has 0 radical (unpaired) electrons. The van der Waals surface area contributed by atoms with E-state index in [9.17, 15) is 0 Å². The molecule has 214 valence electrons. The number of hydrogen-bond acceptors (Lipinski definition) is 0. The summed E-state index contributed by atoms with van der Waals surface area (Å²) in [4.78, 5) is 0. The topological polar surface area (TPSA) is 4.93 Å². The van der Waals surface area contributed by atoms with Gasteiger partial charge < -0.3 is 4.34 Å². The predicted molar refractivity (Wildman–Crippen MR) is 198 cm³/mol. The van der Waals surface area contributed by atoms with Gasteiger partial charge in [-0.25, -0.2) is 0 Å². The molecule has 1 heterocycles. The van der Waals surface area contributed by atoms with E-state index in [1.54, 1.807) is 0 Å². The van der Waals surface area contributed by atoms with Crippen molar-refractivity contribution in [1.29, 1.82) is 0 Å². The molecule has 0 amide bonds. The zero-order chi connectivity index (χ0) is 30.0. The van der Waals surface area contributed by atoms with Crippen LogP contribution in [0.4, 0.5) is 0 Å². The molecule has 45 heavy (non-hydrogen) atoms. The lowest BCUT2D eigenvalue weighted by molar-refractivity contribution is 1.39. The Morgan fingerprint density at radius 2 is 0.800 bits per heavy atom. The van der Waals surface area contributed by atoms with Crippen LogP contribution >= 0.6 is 16.0 Å². The van der Waals surface area contributed by atoms with E-state index in [1.165, 1.54) is 59.5 Å². The van der Waals surface area contributed by atoms with Gasteiger partial charge in [0.25, 0.3) is 0 Å². The molecule has 0 aliphatic rings. The Labute approximate surface area is 267 Å². The molecule has 8 aromatic rings. The lowest BCUT2D eigenvalue weighted by atomic mass is 10.0. The van der Waals surface area contributed by atoms with Crippen LogP contribution in [0.15, 0.2) is 188 Å². The number of benzene rings is 7. The maximum absolute atomic E-state index is 2.66. The van der Waals surface area contributed by atoms with Crippen molar-refractivity contribution in [2.75, 3.05) is 0 Å². The number of hydrogen-bond donors (Lipinski definition) is 0. The molecule has 0 saturated carbocycles. The van der Waals surface area contributed by atoms with Crippen molar-refractivity contribution in [3.8, 4) is 11.1 Å². The molecule has 0 spiro atoms. The quantitative estimate of drug-likeness (QED) is 0.159. The van der Waals surface area contributed by atoms with Crippen LogP contribution in [-0.4, -0.2) is 4.34 Å². The van der Waals surface area contributed by atoms with Gasteiger partial charge in [-0.1, -0.05) is 170 Å². The van der Waals surface area contributed by atoms with E-state index in [2.05, 4.69) is 192 Å². The largest absolute Gasteiger partial charge is 0.310 e. The van der Waals surface area contributed by atoms with Gasteiger partial charge in [-0.3, -0.25) is 0 Å². The third-order valence-corrected chi connectivity index (χ3v) is 13.1. The monoisotopic (exact) mass is 611 g/mol. The molecule has 7 aromatic carbocycles. The Balaban J connectivity index is 1.51. The molecule has 1 nitrogen and oxygen atoms in total. The minimum atomic E-state index is -0.906. The van der Waals surface area contributed by atoms with Crippen LogP contribution in [0, 0.1) is 0 Å². The fourth-order valence-corrected chi connectivity index (χ4v) is 11.2. The molecule has 8 rings (SSSR count). The van der Waals surface area contributed by atoms with Crippen molar-refractivity contribution < 1.29 is 0 Å². The molecule has 0 unspecified atom stereocenters. The van der Waals surface area contributed by atoms with Gasteiger partial charge in [0.15, 0.2) is 0 Å². The van der Waals surface area contributed by atoms with Crippen molar-refractivity contribution in [3.63, 3.8) is 0 Å². The van der Waals surface area contributed by atoms with Crippen LogP contribution in [-0.2, 0) is 0 Å². The third kappa shape index (κ3) is 5.19. The highest BCUT2D eigenvalue weighted by atomic mass is 31.1. The summed E-state index contributed by atoms with van der Waals surface area (Å²) in [6.07, 6.45) is 0. The zero-order valence-electron chi connectivity index (χ0n) is 24.7. The highest BCUT2D eigenvalue weighted by molar-refractivity contribution is 7.79. The summed E-state index contributed by atoms with van der Waals surface area (Å²) in [5.41, 5.74) is 5.07. The van der Waals surface area contributed by atoms with E-state index in [-0.39, 0.29) is 0 Å². The molecular formula is C42H31NP2. The maximum Gasteiger partial charge on any atom is 0.0612 e. The standard InChI is InChI=1S/C42H31NP2/c1-6-18-32(19-7-1)39-30-37(44(33-20-8-2-9-21-33)34-22-10-3-11-23-34)31-40-38-28-16-17-29-41(38)43(42(39)40)45(35-24-12-4-13-25-35)36-26-14-5-15-27-36/h1-31H. The van der Waals surface area contributed by atoms with Gasteiger partial charge in [0.05, 0.1) is 19.1 Å². The van der Waals surface area contributed by atoms with E-state index in [1.807, 2.05) is 0 Å². The Morgan fingerprint density at radius 3 is 1.33 bits per heavy atom. The van der Waals surface area contributed by atoms with Gasteiger partial charge in [0, 0.05) is 26.9 Å². The summed E-state index contributed by atoms with van der Waals surface area (Å²) in [5, 5.41) is 9.34. The van der Waals surface area contributed by atoms with Crippen LogP contribution in [0.3, 0.4) is 0 Å². The van der Waals surface area contributed by atoms with E-state index < -0.39 is 16.0 Å². The number of nitrogens with zero attached hydrogens (tertiary/aromatic N) is 1. The number of para-hydroxylation sites is 1. The van der Waals surface area contributed by atoms with Crippen LogP contribution in [0.2, 0.25) is 0 Å². The lowest BCUT2D eigenvalue weighted by Gasteiger charge is -2.25. The van der Waals surface area contributed by atoms with Crippen molar-refractivity contribution in [3.05, 3.63) is 188 Å². The molecule has 0 aliphatic heterocycles.